The highest BCUT2D eigenvalue weighted by Gasteiger charge is 2.21. The van der Waals surface area contributed by atoms with Gasteiger partial charge in [-0.3, -0.25) is 9.48 Å². The number of carbonyl (C=O) groups excluding carboxylic acids is 1. The Balaban J connectivity index is 1.39. The van der Waals surface area contributed by atoms with Crippen LogP contribution in [0.25, 0.3) is 6.08 Å². The lowest BCUT2D eigenvalue weighted by molar-refractivity contribution is -0.126. The Bertz CT molecular complexity index is 1130. The first kappa shape index (κ1) is 22.2. The van der Waals surface area contributed by atoms with E-state index in [4.69, 9.17) is 16.7 Å². The third kappa shape index (κ3) is 4.89. The van der Waals surface area contributed by atoms with Gasteiger partial charge in [-0.2, -0.15) is 5.10 Å². The topological polar surface area (TPSA) is 41.4 Å². The molecule has 0 bridgehead atoms. The van der Waals surface area contributed by atoms with Gasteiger partial charge in [0.05, 0.1) is 22.9 Å². The van der Waals surface area contributed by atoms with Crippen LogP contribution in [0, 0.1) is 20.8 Å². The molecule has 32 heavy (non-hydrogen) atoms. The maximum atomic E-state index is 12.8. The highest BCUT2D eigenvalue weighted by Crippen LogP contribution is 2.26. The quantitative estimate of drug-likeness (QED) is 0.523. The van der Waals surface area contributed by atoms with Gasteiger partial charge >= 0.3 is 0 Å². The van der Waals surface area contributed by atoms with Crippen molar-refractivity contribution in [3.63, 3.8) is 0 Å². The van der Waals surface area contributed by atoms with E-state index in [1.54, 1.807) is 6.08 Å². The van der Waals surface area contributed by atoms with E-state index in [9.17, 15) is 4.79 Å². The second-order valence-electron chi connectivity index (χ2n) is 8.32. The molecule has 0 spiro atoms. The molecular formula is C26H29ClN4O. The first-order valence-electron chi connectivity index (χ1n) is 11.0. The Morgan fingerprint density at radius 2 is 1.69 bits per heavy atom. The summed E-state index contributed by atoms with van der Waals surface area (Å²) in [5, 5.41) is 5.44. The minimum atomic E-state index is 0.0360. The van der Waals surface area contributed by atoms with E-state index >= 15 is 0 Å². The Hall–Kier alpha value is -3.05. The highest BCUT2D eigenvalue weighted by atomic mass is 35.5. The predicted octanol–water partition coefficient (Wildman–Crippen LogP) is 4.87. The molecule has 0 saturated carbocycles. The molecule has 1 aromatic heterocycles. The number of anilines is 1. The minimum Gasteiger partial charge on any atom is -0.367 e. The molecule has 6 heteroatoms. The number of benzene rings is 2. The Labute approximate surface area is 194 Å². The largest absolute Gasteiger partial charge is 0.367 e. The number of para-hydroxylation sites is 1. The average molecular weight is 449 g/mol. The molecule has 3 aromatic rings. The predicted molar refractivity (Wildman–Crippen MR) is 131 cm³/mol. The van der Waals surface area contributed by atoms with Crippen LogP contribution in [0.15, 0.2) is 54.6 Å². The van der Waals surface area contributed by atoms with Gasteiger partial charge in [0.15, 0.2) is 0 Å². The second kappa shape index (κ2) is 9.61. The van der Waals surface area contributed by atoms with Gasteiger partial charge in [-0.1, -0.05) is 53.6 Å². The zero-order valence-electron chi connectivity index (χ0n) is 18.9. The monoisotopic (exact) mass is 448 g/mol. The summed E-state index contributed by atoms with van der Waals surface area (Å²) in [5.41, 5.74) is 6.50. The zero-order chi connectivity index (χ0) is 22.7. The normalized spacial score (nSPS) is 14.4. The van der Waals surface area contributed by atoms with E-state index in [1.165, 1.54) is 11.1 Å². The van der Waals surface area contributed by atoms with Gasteiger partial charge < -0.3 is 9.80 Å². The van der Waals surface area contributed by atoms with Crippen LogP contribution in [0.2, 0.25) is 5.02 Å². The van der Waals surface area contributed by atoms with Gasteiger partial charge in [-0.25, -0.2) is 0 Å². The van der Waals surface area contributed by atoms with Gasteiger partial charge in [0, 0.05) is 43.5 Å². The van der Waals surface area contributed by atoms with Gasteiger partial charge in [-0.15, -0.1) is 0 Å². The van der Waals surface area contributed by atoms with Crippen LogP contribution in [0.3, 0.4) is 0 Å². The van der Waals surface area contributed by atoms with Crippen LogP contribution in [-0.4, -0.2) is 46.8 Å². The summed E-state index contributed by atoms with van der Waals surface area (Å²) in [5.74, 6) is 0.0360. The van der Waals surface area contributed by atoms with Crippen molar-refractivity contribution in [2.45, 2.75) is 27.3 Å². The molecule has 4 rings (SSSR count). The van der Waals surface area contributed by atoms with Crippen LogP contribution < -0.4 is 4.90 Å². The summed E-state index contributed by atoms with van der Waals surface area (Å²) in [6.45, 7) is 9.76. The fourth-order valence-corrected chi connectivity index (χ4v) is 4.36. The Morgan fingerprint density at radius 1 is 1.00 bits per heavy atom. The van der Waals surface area contributed by atoms with Crippen LogP contribution in [0.1, 0.15) is 28.1 Å². The molecule has 166 valence electrons. The standard InChI is InChI=1S/C26H29ClN4O/c1-19-8-10-22(11-9-19)18-31-21(3)23(20(2)28-31)12-13-26(32)30-16-14-29(15-17-30)25-7-5-4-6-24(25)27/h4-13H,14-18H2,1-3H3/b13-12+. The molecule has 1 aliphatic heterocycles. The molecule has 1 saturated heterocycles. The van der Waals surface area contributed by atoms with Crippen molar-refractivity contribution in [3.8, 4) is 0 Å². The minimum absolute atomic E-state index is 0.0360. The van der Waals surface area contributed by atoms with Gasteiger partial charge in [-0.05, 0) is 44.5 Å². The van der Waals surface area contributed by atoms with Crippen LogP contribution in [0.5, 0.6) is 0 Å². The first-order chi connectivity index (χ1) is 15.4. The summed E-state index contributed by atoms with van der Waals surface area (Å²) in [6, 6.07) is 16.4. The van der Waals surface area contributed by atoms with E-state index in [0.29, 0.717) is 13.1 Å². The van der Waals surface area contributed by atoms with Gasteiger partial charge in [0.2, 0.25) is 5.91 Å². The highest BCUT2D eigenvalue weighted by molar-refractivity contribution is 6.33. The maximum absolute atomic E-state index is 12.8. The molecule has 0 aliphatic carbocycles. The molecular weight excluding hydrogens is 420 g/mol. The smallest absolute Gasteiger partial charge is 0.246 e. The van der Waals surface area contributed by atoms with Crippen molar-refractivity contribution >= 4 is 29.3 Å². The number of carbonyl (C=O) groups is 1. The summed E-state index contributed by atoms with van der Waals surface area (Å²) in [6.07, 6.45) is 3.59. The van der Waals surface area contributed by atoms with E-state index < -0.39 is 0 Å². The van der Waals surface area contributed by atoms with E-state index in [-0.39, 0.29) is 5.91 Å². The summed E-state index contributed by atoms with van der Waals surface area (Å²) in [4.78, 5) is 16.9. The van der Waals surface area contributed by atoms with E-state index in [1.807, 2.05) is 46.8 Å². The molecule has 0 radical (unpaired) electrons. The van der Waals surface area contributed by atoms with Crippen molar-refractivity contribution in [2.75, 3.05) is 31.1 Å². The fraction of sp³-hybridized carbons (Fsp3) is 0.308. The molecule has 2 heterocycles. The first-order valence-corrected chi connectivity index (χ1v) is 11.4. The fourth-order valence-electron chi connectivity index (χ4n) is 4.11. The number of rotatable bonds is 5. The number of amides is 1. The lowest BCUT2D eigenvalue weighted by Crippen LogP contribution is -2.48. The number of hydrogen-bond donors (Lipinski definition) is 0. The number of piperazine rings is 1. The molecule has 0 unspecified atom stereocenters. The number of aryl methyl sites for hydroxylation is 2. The van der Waals surface area contributed by atoms with E-state index in [2.05, 4.69) is 43.0 Å². The van der Waals surface area contributed by atoms with Crippen molar-refractivity contribution in [2.24, 2.45) is 0 Å². The molecule has 1 aliphatic rings. The van der Waals surface area contributed by atoms with Crippen LogP contribution in [-0.2, 0) is 11.3 Å². The number of halogens is 1. The molecule has 1 amide bonds. The zero-order valence-corrected chi connectivity index (χ0v) is 19.6. The Morgan fingerprint density at radius 3 is 2.38 bits per heavy atom. The van der Waals surface area contributed by atoms with Crippen LogP contribution >= 0.6 is 11.6 Å². The SMILES string of the molecule is Cc1ccc(Cn2nc(C)c(/C=C/C(=O)N3CCN(c4ccccc4Cl)CC3)c2C)cc1. The number of nitrogens with zero attached hydrogens (tertiary/aromatic N) is 4. The molecule has 2 aromatic carbocycles. The molecule has 0 atom stereocenters. The molecule has 0 N–H and O–H groups in total. The summed E-state index contributed by atoms with van der Waals surface area (Å²) < 4.78 is 2.01. The maximum Gasteiger partial charge on any atom is 0.246 e. The van der Waals surface area contributed by atoms with Crippen molar-refractivity contribution in [1.82, 2.24) is 14.7 Å². The lowest BCUT2D eigenvalue weighted by atomic mass is 10.1. The van der Waals surface area contributed by atoms with Crippen LogP contribution in [0.4, 0.5) is 5.69 Å². The van der Waals surface area contributed by atoms with Crippen molar-refractivity contribution in [1.29, 1.82) is 0 Å². The summed E-state index contributed by atoms with van der Waals surface area (Å²) >= 11 is 6.32. The van der Waals surface area contributed by atoms with Crippen molar-refractivity contribution < 1.29 is 4.79 Å². The number of aromatic nitrogens is 2. The number of hydrogen-bond acceptors (Lipinski definition) is 3. The van der Waals surface area contributed by atoms with Crippen molar-refractivity contribution in [3.05, 3.63) is 87.7 Å². The third-order valence-electron chi connectivity index (χ3n) is 6.07. The third-order valence-corrected chi connectivity index (χ3v) is 6.39. The summed E-state index contributed by atoms with van der Waals surface area (Å²) in [7, 11) is 0. The van der Waals surface area contributed by atoms with Gasteiger partial charge in [0.1, 0.15) is 0 Å². The molecule has 5 nitrogen and oxygen atoms in total. The van der Waals surface area contributed by atoms with E-state index in [0.717, 1.165) is 47.3 Å². The lowest BCUT2D eigenvalue weighted by Gasteiger charge is -2.36. The van der Waals surface area contributed by atoms with Gasteiger partial charge in [0.25, 0.3) is 0 Å². The average Bonchev–Trinajstić information content (AvgIpc) is 3.06. The molecule has 1 fully saturated rings. The Kier molecular flexibility index (Phi) is 6.66. The second-order valence-corrected chi connectivity index (χ2v) is 8.73.